The average Bonchev–Trinajstić information content (AvgIpc) is 3.30. The molecule has 9 nitrogen and oxygen atoms in total. The lowest BCUT2D eigenvalue weighted by Gasteiger charge is -2.12. The Morgan fingerprint density at radius 3 is 2.57 bits per heavy atom. The summed E-state index contributed by atoms with van der Waals surface area (Å²) in [5.41, 5.74) is 1.20. The zero-order chi connectivity index (χ0) is 24.9. The molecule has 1 heterocycles. The molecule has 10 heteroatoms. The van der Waals surface area contributed by atoms with Gasteiger partial charge in [-0.25, -0.2) is 4.79 Å². The first-order chi connectivity index (χ1) is 17.0. The third-order valence-corrected chi connectivity index (χ3v) is 5.55. The van der Waals surface area contributed by atoms with Crippen molar-refractivity contribution < 1.29 is 28.6 Å². The monoisotopic (exact) mass is 489 g/mol. The first-order valence-corrected chi connectivity index (χ1v) is 10.9. The highest BCUT2D eigenvalue weighted by Gasteiger charge is 2.22. The van der Waals surface area contributed by atoms with Gasteiger partial charge in [0.1, 0.15) is 23.2 Å². The van der Waals surface area contributed by atoms with E-state index >= 15 is 0 Å². The van der Waals surface area contributed by atoms with E-state index in [1.54, 1.807) is 36.4 Å². The van der Waals surface area contributed by atoms with E-state index in [0.717, 1.165) is 11.8 Å². The summed E-state index contributed by atoms with van der Waals surface area (Å²) in [5.74, 6) is -1.43. The number of nitrogens with zero attached hydrogens (tertiary/aromatic N) is 2. The predicted octanol–water partition coefficient (Wildman–Crippen LogP) is 5.84. The van der Waals surface area contributed by atoms with E-state index in [-0.39, 0.29) is 28.3 Å². The van der Waals surface area contributed by atoms with E-state index in [1.807, 2.05) is 12.1 Å². The van der Waals surface area contributed by atoms with Gasteiger partial charge in [0.25, 0.3) is 5.91 Å². The van der Waals surface area contributed by atoms with E-state index in [1.165, 1.54) is 13.2 Å². The lowest BCUT2D eigenvalue weighted by molar-refractivity contribution is 0.0600. The second-order valence-corrected chi connectivity index (χ2v) is 7.64. The minimum absolute atomic E-state index is 0.00804. The summed E-state index contributed by atoms with van der Waals surface area (Å²) in [6, 6.07) is 15.6. The molecule has 2 N–H and O–H groups in total. The Morgan fingerprint density at radius 2 is 1.89 bits per heavy atom. The molecule has 4 aromatic rings. The van der Waals surface area contributed by atoms with E-state index in [2.05, 4.69) is 32.9 Å². The molecule has 0 unspecified atom stereocenters. The SMILES string of the molecule is COC(=O)c1coc(C=O)c1N=Nc1cc2ccccc2c(C(=O)Nc2ccc(CS)cc2)c1O. The first-order valence-electron chi connectivity index (χ1n) is 10.3. The van der Waals surface area contributed by atoms with Gasteiger partial charge >= 0.3 is 5.97 Å². The number of carbonyl (C=O) groups excluding carboxylic acids is 3. The molecule has 1 amide bonds. The first kappa shape index (κ1) is 23.7. The van der Waals surface area contributed by atoms with Crippen LogP contribution >= 0.6 is 12.6 Å². The van der Waals surface area contributed by atoms with Crippen molar-refractivity contribution >= 4 is 58.6 Å². The number of anilines is 1. The number of azo groups is 1. The molecule has 0 spiro atoms. The van der Waals surface area contributed by atoms with Crippen LogP contribution in [0.2, 0.25) is 0 Å². The zero-order valence-corrected chi connectivity index (χ0v) is 19.3. The number of rotatable bonds is 7. The van der Waals surface area contributed by atoms with Crippen LogP contribution in [-0.2, 0) is 10.5 Å². The van der Waals surface area contributed by atoms with Crippen molar-refractivity contribution in [3.63, 3.8) is 0 Å². The molecule has 0 saturated heterocycles. The molecule has 3 aromatic carbocycles. The number of hydrogen-bond acceptors (Lipinski definition) is 9. The van der Waals surface area contributed by atoms with Crippen LogP contribution in [0.1, 0.15) is 36.8 Å². The Kier molecular flexibility index (Phi) is 6.93. The molecule has 0 aliphatic rings. The summed E-state index contributed by atoms with van der Waals surface area (Å²) in [7, 11) is 1.17. The maximum absolute atomic E-state index is 13.2. The number of fused-ring (bicyclic) bond motifs is 1. The largest absolute Gasteiger partial charge is 0.505 e. The summed E-state index contributed by atoms with van der Waals surface area (Å²) in [6.07, 6.45) is 1.40. The minimum Gasteiger partial charge on any atom is -0.505 e. The van der Waals surface area contributed by atoms with Crippen LogP contribution in [0, 0.1) is 0 Å². The number of phenolic OH excluding ortho intramolecular Hbond substituents is 1. The standard InChI is InChI=1S/C25H19N3O6S/c1-33-25(32)18-12-34-20(11-29)22(18)28-27-19-10-15-4-2-3-5-17(15)21(23(19)30)24(31)26-16-8-6-14(13-35)7-9-16/h2-12,30,35H,13H2,1H3,(H,26,31). The fraction of sp³-hybridized carbons (Fsp3) is 0.0800. The molecule has 0 radical (unpaired) electrons. The van der Waals surface area contributed by atoms with E-state index in [0.29, 0.717) is 28.5 Å². The zero-order valence-electron chi connectivity index (χ0n) is 18.4. The highest BCUT2D eigenvalue weighted by atomic mass is 32.1. The summed E-state index contributed by atoms with van der Waals surface area (Å²) in [5, 5.41) is 22.8. The third-order valence-electron chi connectivity index (χ3n) is 5.19. The van der Waals surface area contributed by atoms with Crippen molar-refractivity contribution in [1.29, 1.82) is 0 Å². The summed E-state index contributed by atoms with van der Waals surface area (Å²) < 4.78 is 9.71. The Labute approximate surface area is 204 Å². The number of furan rings is 1. The van der Waals surface area contributed by atoms with Gasteiger partial charge in [-0.15, -0.1) is 10.2 Å². The predicted molar refractivity (Wildman–Crippen MR) is 132 cm³/mol. The number of amides is 1. The molecule has 0 saturated carbocycles. The quantitative estimate of drug-likeness (QED) is 0.129. The van der Waals surface area contributed by atoms with E-state index in [9.17, 15) is 19.5 Å². The van der Waals surface area contributed by atoms with Gasteiger partial charge in [0.15, 0.2) is 17.8 Å². The number of aldehydes is 1. The maximum atomic E-state index is 13.2. The van der Waals surface area contributed by atoms with Gasteiger partial charge in [-0.05, 0) is 34.5 Å². The second kappa shape index (κ2) is 10.2. The van der Waals surface area contributed by atoms with Crippen molar-refractivity contribution in [3.8, 4) is 5.75 Å². The van der Waals surface area contributed by atoms with Crippen LogP contribution in [0.5, 0.6) is 5.75 Å². The smallest absolute Gasteiger partial charge is 0.343 e. The van der Waals surface area contributed by atoms with Gasteiger partial charge in [0, 0.05) is 11.4 Å². The van der Waals surface area contributed by atoms with Gasteiger partial charge in [-0.1, -0.05) is 36.4 Å². The Hall–Kier alpha value is -4.44. The van der Waals surface area contributed by atoms with Crippen molar-refractivity contribution in [3.05, 3.63) is 83.3 Å². The van der Waals surface area contributed by atoms with Crippen LogP contribution < -0.4 is 5.32 Å². The van der Waals surface area contributed by atoms with Crippen LogP contribution in [0.15, 0.2) is 75.5 Å². The summed E-state index contributed by atoms with van der Waals surface area (Å²) >= 11 is 4.22. The van der Waals surface area contributed by atoms with Crippen LogP contribution in [0.3, 0.4) is 0 Å². The van der Waals surface area contributed by atoms with Crippen LogP contribution in [0.25, 0.3) is 10.8 Å². The number of methoxy groups -OCH3 is 1. The van der Waals surface area contributed by atoms with Gasteiger partial charge in [0.05, 0.1) is 12.7 Å². The number of benzene rings is 3. The fourth-order valence-corrected chi connectivity index (χ4v) is 3.64. The second-order valence-electron chi connectivity index (χ2n) is 7.32. The molecule has 1 aromatic heterocycles. The Bertz CT molecular complexity index is 1460. The molecule has 176 valence electrons. The lowest BCUT2D eigenvalue weighted by atomic mass is 10.0. The molecule has 0 bridgehead atoms. The number of ether oxygens (including phenoxy) is 1. The third kappa shape index (κ3) is 4.78. The number of hydrogen-bond donors (Lipinski definition) is 3. The topological polar surface area (TPSA) is 131 Å². The Morgan fingerprint density at radius 1 is 1.14 bits per heavy atom. The van der Waals surface area contributed by atoms with Crippen molar-refractivity contribution in [2.45, 2.75) is 5.75 Å². The molecular formula is C25H19N3O6S. The highest BCUT2D eigenvalue weighted by molar-refractivity contribution is 7.79. The van der Waals surface area contributed by atoms with Gasteiger partial charge in [0.2, 0.25) is 0 Å². The maximum Gasteiger partial charge on any atom is 0.343 e. The molecule has 0 atom stereocenters. The molecule has 0 fully saturated rings. The lowest BCUT2D eigenvalue weighted by Crippen LogP contribution is -2.12. The minimum atomic E-state index is -0.775. The number of phenols is 1. The van der Waals surface area contributed by atoms with Gasteiger partial charge in [-0.2, -0.15) is 12.6 Å². The van der Waals surface area contributed by atoms with Crippen LogP contribution in [-0.4, -0.2) is 30.4 Å². The molecule has 4 rings (SSSR count). The number of esters is 1. The number of nitrogens with one attached hydrogen (secondary N) is 1. The van der Waals surface area contributed by atoms with Crippen molar-refractivity contribution in [2.75, 3.05) is 12.4 Å². The summed E-state index contributed by atoms with van der Waals surface area (Å²) in [4.78, 5) is 36.5. The normalized spacial score (nSPS) is 11.0. The van der Waals surface area contributed by atoms with E-state index in [4.69, 9.17) is 4.42 Å². The van der Waals surface area contributed by atoms with Crippen molar-refractivity contribution in [1.82, 2.24) is 0 Å². The van der Waals surface area contributed by atoms with Crippen molar-refractivity contribution in [2.24, 2.45) is 10.2 Å². The van der Waals surface area contributed by atoms with E-state index < -0.39 is 17.6 Å². The highest BCUT2D eigenvalue weighted by Crippen LogP contribution is 2.39. The van der Waals surface area contributed by atoms with Gasteiger partial charge in [-0.3, -0.25) is 9.59 Å². The molecule has 0 aliphatic carbocycles. The molecule has 0 aliphatic heterocycles. The van der Waals surface area contributed by atoms with Gasteiger partial charge < -0.3 is 19.6 Å². The Balaban J connectivity index is 1.78. The van der Waals surface area contributed by atoms with Crippen LogP contribution in [0.4, 0.5) is 17.1 Å². The number of thiol groups is 1. The number of aromatic hydroxyl groups is 1. The summed E-state index contributed by atoms with van der Waals surface area (Å²) in [6.45, 7) is 0. The number of carbonyl (C=O) groups is 3. The fourth-order valence-electron chi connectivity index (χ4n) is 3.43. The molecular weight excluding hydrogens is 470 g/mol. The average molecular weight is 490 g/mol. The molecule has 35 heavy (non-hydrogen) atoms.